The number of hydrogen-bond donors (Lipinski definition) is 1. The van der Waals surface area contributed by atoms with Crippen LogP contribution in [-0.2, 0) is 14.2 Å². The summed E-state index contributed by atoms with van der Waals surface area (Å²) in [7, 11) is 6.44. The maximum atomic E-state index is 5.14. The molecule has 2 aromatic rings. The number of hydrogen-bond acceptors (Lipinski definition) is 4. The number of aromatic amines is 1. The molecule has 0 aliphatic rings. The zero-order valence-electron chi connectivity index (χ0n) is 13.7. The molecule has 21 heavy (non-hydrogen) atoms. The van der Waals surface area contributed by atoms with Crippen molar-refractivity contribution in [3.05, 3.63) is 42.2 Å². The molecule has 0 unspecified atom stereocenters. The largest absolute Gasteiger partial charge is 0.388 e. The van der Waals surface area contributed by atoms with Crippen molar-refractivity contribution in [1.82, 2.24) is 9.97 Å². The third-order valence-electron chi connectivity index (χ3n) is 2.32. The fraction of sp³-hybridized carbons (Fsp3) is 0.438. The number of methoxy groups -OCH3 is 3. The van der Waals surface area contributed by atoms with Gasteiger partial charge in [0.2, 0.25) is 0 Å². The Morgan fingerprint density at radius 1 is 0.952 bits per heavy atom. The van der Waals surface area contributed by atoms with Gasteiger partial charge in [0.1, 0.15) is 5.82 Å². The molecule has 0 aliphatic heterocycles. The predicted octanol–water partition coefficient (Wildman–Crippen LogP) is 3.66. The fourth-order valence-corrected chi connectivity index (χ4v) is 1.55. The first-order valence-corrected chi connectivity index (χ1v) is 6.82. The number of aromatic nitrogens is 2. The van der Waals surface area contributed by atoms with Crippen molar-refractivity contribution in [1.29, 1.82) is 0 Å². The van der Waals surface area contributed by atoms with E-state index in [0.29, 0.717) is 0 Å². The van der Waals surface area contributed by atoms with E-state index in [1.54, 1.807) is 34.6 Å². The molecule has 118 valence electrons. The van der Waals surface area contributed by atoms with Gasteiger partial charge in [-0.3, -0.25) is 0 Å². The molecule has 5 heteroatoms. The van der Waals surface area contributed by atoms with Crippen LogP contribution in [-0.4, -0.2) is 38.4 Å². The Bertz CT molecular complexity index is 454. The van der Waals surface area contributed by atoms with Crippen LogP contribution in [0.4, 0.5) is 0 Å². The third kappa shape index (κ3) is 6.53. The minimum absolute atomic E-state index is 0.398. The van der Waals surface area contributed by atoms with E-state index in [4.69, 9.17) is 9.47 Å². The van der Waals surface area contributed by atoms with Gasteiger partial charge in [-0.05, 0) is 0 Å². The van der Waals surface area contributed by atoms with Crippen LogP contribution >= 0.6 is 0 Å². The summed E-state index contributed by atoms with van der Waals surface area (Å²) < 4.78 is 14.5. The van der Waals surface area contributed by atoms with Crippen LogP contribution in [0, 0.1) is 0 Å². The summed E-state index contributed by atoms with van der Waals surface area (Å²) in [4.78, 5) is 7.46. The average Bonchev–Trinajstić information content (AvgIpc) is 3.02. The van der Waals surface area contributed by atoms with Gasteiger partial charge in [0.15, 0.2) is 6.29 Å². The summed E-state index contributed by atoms with van der Waals surface area (Å²) in [5.41, 5.74) is 1.85. The van der Waals surface area contributed by atoms with E-state index in [-0.39, 0.29) is 0 Å². The van der Waals surface area contributed by atoms with Gasteiger partial charge in [-0.1, -0.05) is 44.2 Å². The van der Waals surface area contributed by atoms with E-state index >= 15 is 0 Å². The highest BCUT2D eigenvalue weighted by Gasteiger charge is 2.12. The molecule has 1 aromatic heterocycles. The van der Waals surface area contributed by atoms with Gasteiger partial charge in [-0.2, -0.15) is 0 Å². The molecule has 0 radical (unpaired) electrons. The molecular formula is C16H26N2O3. The summed E-state index contributed by atoms with van der Waals surface area (Å²) in [5.74, 6) is 0.815. The van der Waals surface area contributed by atoms with Crippen LogP contribution < -0.4 is 0 Å². The predicted molar refractivity (Wildman–Crippen MR) is 85.1 cm³/mol. The highest BCUT2D eigenvalue weighted by atomic mass is 16.7. The van der Waals surface area contributed by atoms with Gasteiger partial charge in [-0.15, -0.1) is 0 Å². The number of benzene rings is 1. The van der Waals surface area contributed by atoms with E-state index in [9.17, 15) is 0 Å². The smallest absolute Gasteiger partial charge is 0.199 e. The molecule has 5 nitrogen and oxygen atoms in total. The van der Waals surface area contributed by atoms with Gasteiger partial charge >= 0.3 is 0 Å². The second-order valence-electron chi connectivity index (χ2n) is 3.76. The first kappa shape index (κ1) is 19.3. The zero-order chi connectivity index (χ0) is 16.1. The minimum Gasteiger partial charge on any atom is -0.388 e. The molecule has 0 atom stereocenters. The van der Waals surface area contributed by atoms with Crippen LogP contribution in [0.25, 0.3) is 11.4 Å². The SMILES string of the molecule is CC.COC.COC(OC)c1cnc(-c2ccccc2)[nH]1. The summed E-state index contributed by atoms with van der Waals surface area (Å²) in [6.07, 6.45) is 1.32. The van der Waals surface area contributed by atoms with Crippen LogP contribution in [0.3, 0.4) is 0 Å². The number of ether oxygens (including phenoxy) is 3. The van der Waals surface area contributed by atoms with Gasteiger partial charge < -0.3 is 19.2 Å². The molecule has 0 spiro atoms. The Hall–Kier alpha value is -1.69. The van der Waals surface area contributed by atoms with E-state index in [1.807, 2.05) is 44.2 Å². The fourth-order valence-electron chi connectivity index (χ4n) is 1.55. The number of nitrogens with zero attached hydrogens (tertiary/aromatic N) is 1. The molecule has 0 amide bonds. The molecule has 1 heterocycles. The molecule has 0 fully saturated rings. The Balaban J connectivity index is 0.000000713. The van der Waals surface area contributed by atoms with Crippen molar-refractivity contribution in [3.63, 3.8) is 0 Å². The van der Waals surface area contributed by atoms with Gasteiger partial charge in [0, 0.05) is 34.0 Å². The molecule has 0 saturated carbocycles. The van der Waals surface area contributed by atoms with Crippen molar-refractivity contribution in [2.24, 2.45) is 0 Å². The summed E-state index contributed by atoms with van der Waals surface area (Å²) in [5, 5.41) is 0. The van der Waals surface area contributed by atoms with Crippen LogP contribution in [0.15, 0.2) is 36.5 Å². The number of imidazole rings is 1. The summed E-state index contributed by atoms with van der Waals surface area (Å²) in [6.45, 7) is 4.00. The third-order valence-corrected chi connectivity index (χ3v) is 2.32. The van der Waals surface area contributed by atoms with Gasteiger partial charge in [0.05, 0.1) is 11.9 Å². The second-order valence-corrected chi connectivity index (χ2v) is 3.76. The molecule has 0 saturated heterocycles. The molecule has 1 N–H and O–H groups in total. The minimum atomic E-state index is -0.398. The van der Waals surface area contributed by atoms with Crippen molar-refractivity contribution < 1.29 is 14.2 Å². The van der Waals surface area contributed by atoms with Crippen LogP contribution in [0.5, 0.6) is 0 Å². The zero-order valence-corrected chi connectivity index (χ0v) is 13.7. The maximum absolute atomic E-state index is 5.14. The Labute approximate surface area is 127 Å². The standard InChI is InChI=1S/C12H14N2O2.C2H6O.C2H6/c1-15-12(16-2)10-8-13-11(14-10)9-6-4-3-5-7-9;1-3-2;1-2/h3-8,12H,1-2H3,(H,13,14);1-2H3;1-2H3. The Kier molecular flexibility index (Phi) is 11.1. The highest BCUT2D eigenvalue weighted by Crippen LogP contribution is 2.20. The van der Waals surface area contributed by atoms with E-state index < -0.39 is 6.29 Å². The molecule has 2 rings (SSSR count). The van der Waals surface area contributed by atoms with Gasteiger partial charge in [0.25, 0.3) is 0 Å². The van der Waals surface area contributed by atoms with E-state index in [2.05, 4.69) is 14.7 Å². The van der Waals surface area contributed by atoms with Crippen LogP contribution in [0.1, 0.15) is 25.8 Å². The van der Waals surface area contributed by atoms with Crippen molar-refractivity contribution >= 4 is 0 Å². The highest BCUT2D eigenvalue weighted by molar-refractivity contribution is 5.54. The maximum Gasteiger partial charge on any atom is 0.199 e. The van der Waals surface area contributed by atoms with Gasteiger partial charge in [-0.25, -0.2) is 4.98 Å². The number of rotatable bonds is 4. The lowest BCUT2D eigenvalue weighted by Crippen LogP contribution is -2.03. The molecule has 1 aromatic carbocycles. The first-order valence-electron chi connectivity index (χ1n) is 6.82. The average molecular weight is 294 g/mol. The van der Waals surface area contributed by atoms with E-state index in [0.717, 1.165) is 17.1 Å². The van der Waals surface area contributed by atoms with E-state index in [1.165, 1.54) is 0 Å². The summed E-state index contributed by atoms with van der Waals surface area (Å²) in [6, 6.07) is 9.91. The normalized spacial score (nSPS) is 9.48. The first-order chi connectivity index (χ1) is 10.3. The molecule has 0 aliphatic carbocycles. The Morgan fingerprint density at radius 2 is 1.48 bits per heavy atom. The quantitative estimate of drug-likeness (QED) is 0.874. The summed E-state index contributed by atoms with van der Waals surface area (Å²) >= 11 is 0. The Morgan fingerprint density at radius 3 is 1.95 bits per heavy atom. The number of H-pyrrole nitrogens is 1. The second kappa shape index (κ2) is 12.1. The van der Waals surface area contributed by atoms with Crippen molar-refractivity contribution in [3.8, 4) is 11.4 Å². The van der Waals surface area contributed by atoms with Crippen molar-refractivity contribution in [2.75, 3.05) is 28.4 Å². The lowest BCUT2D eigenvalue weighted by molar-refractivity contribution is -0.108. The lowest BCUT2D eigenvalue weighted by atomic mass is 10.2. The monoisotopic (exact) mass is 294 g/mol. The molecular weight excluding hydrogens is 268 g/mol. The molecule has 0 bridgehead atoms. The topological polar surface area (TPSA) is 56.4 Å². The number of nitrogens with one attached hydrogen (secondary N) is 1. The lowest BCUT2D eigenvalue weighted by Gasteiger charge is -2.10. The van der Waals surface area contributed by atoms with Crippen molar-refractivity contribution in [2.45, 2.75) is 20.1 Å². The van der Waals surface area contributed by atoms with Crippen LogP contribution in [0.2, 0.25) is 0 Å².